The molecule has 2 aliphatic rings. The Morgan fingerprint density at radius 3 is 2.54 bits per heavy atom. The molecule has 0 aromatic heterocycles. The molecule has 8 heteroatoms. The lowest BCUT2D eigenvalue weighted by molar-refractivity contribution is -0.528. The van der Waals surface area contributed by atoms with Crippen LogP contribution in [-0.2, 0) is 4.74 Å². The first-order valence-electron chi connectivity index (χ1n) is 9.56. The second-order valence-electron chi connectivity index (χ2n) is 8.58. The molecule has 1 aliphatic heterocycles. The summed E-state index contributed by atoms with van der Waals surface area (Å²) in [5.41, 5.74) is -0.546. The van der Waals surface area contributed by atoms with Gasteiger partial charge in [0, 0.05) is 42.9 Å². The molecular formula is C18H32FN3O4. The first kappa shape index (κ1) is 20.9. The van der Waals surface area contributed by atoms with Crippen LogP contribution in [0.25, 0.3) is 0 Å². The van der Waals surface area contributed by atoms with E-state index in [2.05, 4.69) is 0 Å². The third kappa shape index (κ3) is 5.53. The van der Waals surface area contributed by atoms with Gasteiger partial charge in [-0.1, -0.05) is 6.42 Å². The summed E-state index contributed by atoms with van der Waals surface area (Å²) in [6.07, 6.45) is 2.08. The van der Waals surface area contributed by atoms with Crippen molar-refractivity contribution < 1.29 is 18.8 Å². The van der Waals surface area contributed by atoms with E-state index in [4.69, 9.17) is 4.74 Å². The molecule has 4 unspecified atom stereocenters. The van der Waals surface area contributed by atoms with Gasteiger partial charge in [-0.2, -0.15) is 0 Å². The predicted molar refractivity (Wildman–Crippen MR) is 96.5 cm³/mol. The number of likely N-dealkylation sites (N-methyl/N-ethyl adjacent to an activating group) is 1. The van der Waals surface area contributed by atoms with Crippen LogP contribution < -0.4 is 0 Å². The molecule has 4 atom stereocenters. The molecule has 150 valence electrons. The highest BCUT2D eigenvalue weighted by Gasteiger charge is 2.40. The molecule has 0 bridgehead atoms. The van der Waals surface area contributed by atoms with E-state index in [1.807, 2.05) is 32.7 Å². The normalized spacial score (nSPS) is 30.8. The maximum absolute atomic E-state index is 14.6. The molecular weight excluding hydrogens is 341 g/mol. The number of hydrogen-bond acceptors (Lipinski definition) is 5. The maximum Gasteiger partial charge on any atom is 0.410 e. The van der Waals surface area contributed by atoms with Crippen molar-refractivity contribution in [3.05, 3.63) is 10.1 Å². The molecule has 0 N–H and O–H groups in total. The Balaban J connectivity index is 2.00. The average molecular weight is 373 g/mol. The number of nitro groups is 1. The third-order valence-electron chi connectivity index (χ3n) is 5.41. The Labute approximate surface area is 155 Å². The molecule has 1 saturated heterocycles. The zero-order valence-electron chi connectivity index (χ0n) is 16.3. The first-order valence-corrected chi connectivity index (χ1v) is 9.56. The van der Waals surface area contributed by atoms with Crippen LogP contribution in [0.2, 0.25) is 0 Å². The summed E-state index contributed by atoms with van der Waals surface area (Å²) in [5, 5.41) is 10.9. The smallest absolute Gasteiger partial charge is 0.410 e. The highest BCUT2D eigenvalue weighted by molar-refractivity contribution is 5.68. The van der Waals surface area contributed by atoms with Gasteiger partial charge in [0.05, 0.1) is 0 Å². The SMILES string of the molecule is CN(C1CCCCN(C(=O)OC(C)(C)C)C1)C1CCC([N+](=O)[O-])CC1F. The van der Waals surface area contributed by atoms with E-state index in [0.29, 0.717) is 25.9 Å². The van der Waals surface area contributed by atoms with E-state index in [9.17, 15) is 19.3 Å². The van der Waals surface area contributed by atoms with Crippen LogP contribution in [-0.4, -0.2) is 70.9 Å². The molecule has 1 saturated carbocycles. The number of amides is 1. The standard InChI is InChI=1S/C18H32FN3O4/c1-18(2,3)26-17(23)21-10-6-5-7-14(12-21)20(4)16-9-8-13(22(24)25)11-15(16)19/h13-16H,5-12H2,1-4H3. The van der Waals surface area contributed by atoms with Crippen molar-refractivity contribution in [2.75, 3.05) is 20.1 Å². The highest BCUT2D eigenvalue weighted by atomic mass is 19.1. The molecule has 2 fully saturated rings. The van der Waals surface area contributed by atoms with E-state index in [-0.39, 0.29) is 29.5 Å². The van der Waals surface area contributed by atoms with Gasteiger partial charge in [-0.05, 0) is 47.1 Å². The number of nitrogens with zero attached hydrogens (tertiary/aromatic N) is 3. The first-order chi connectivity index (χ1) is 12.1. The fraction of sp³-hybridized carbons (Fsp3) is 0.944. The van der Waals surface area contributed by atoms with Crippen LogP contribution in [0.5, 0.6) is 0 Å². The van der Waals surface area contributed by atoms with Crippen LogP contribution in [0.1, 0.15) is 59.3 Å². The van der Waals surface area contributed by atoms with Gasteiger partial charge in [0.25, 0.3) is 0 Å². The molecule has 1 amide bonds. The number of alkyl halides is 1. The Hall–Kier alpha value is -1.44. The second-order valence-corrected chi connectivity index (χ2v) is 8.58. The molecule has 0 aromatic rings. The van der Waals surface area contributed by atoms with Gasteiger partial charge in [0.2, 0.25) is 6.04 Å². The number of rotatable bonds is 3. The van der Waals surface area contributed by atoms with Crippen LogP contribution in [0.4, 0.5) is 9.18 Å². The quantitative estimate of drug-likeness (QED) is 0.561. The Morgan fingerprint density at radius 1 is 1.27 bits per heavy atom. The van der Waals surface area contributed by atoms with Crippen LogP contribution in [0.3, 0.4) is 0 Å². The van der Waals surface area contributed by atoms with E-state index >= 15 is 0 Å². The molecule has 2 rings (SSSR count). The number of carbonyl (C=O) groups is 1. The fourth-order valence-electron chi connectivity index (χ4n) is 3.94. The lowest BCUT2D eigenvalue weighted by Gasteiger charge is -2.40. The van der Waals surface area contributed by atoms with Crippen molar-refractivity contribution in [3.63, 3.8) is 0 Å². The lowest BCUT2D eigenvalue weighted by atomic mass is 9.88. The van der Waals surface area contributed by atoms with Gasteiger partial charge in [-0.3, -0.25) is 15.0 Å². The summed E-state index contributed by atoms with van der Waals surface area (Å²) in [4.78, 5) is 26.7. The number of hydrogen-bond donors (Lipinski definition) is 0. The van der Waals surface area contributed by atoms with Crippen molar-refractivity contribution in [3.8, 4) is 0 Å². The monoisotopic (exact) mass is 373 g/mol. The van der Waals surface area contributed by atoms with Gasteiger partial charge >= 0.3 is 6.09 Å². The minimum absolute atomic E-state index is 0.0233. The van der Waals surface area contributed by atoms with Gasteiger partial charge in [-0.15, -0.1) is 0 Å². The van der Waals surface area contributed by atoms with E-state index < -0.39 is 17.8 Å². The highest BCUT2D eigenvalue weighted by Crippen LogP contribution is 2.30. The predicted octanol–water partition coefficient (Wildman–Crippen LogP) is 3.24. The molecule has 0 aromatic carbocycles. The molecule has 26 heavy (non-hydrogen) atoms. The zero-order valence-corrected chi connectivity index (χ0v) is 16.3. The van der Waals surface area contributed by atoms with Gasteiger partial charge in [0.15, 0.2) is 0 Å². The van der Waals surface area contributed by atoms with Crippen LogP contribution >= 0.6 is 0 Å². The molecule has 0 radical (unpaired) electrons. The molecule has 0 spiro atoms. The summed E-state index contributed by atoms with van der Waals surface area (Å²) in [6, 6.07) is -1.06. The van der Waals surface area contributed by atoms with Gasteiger partial charge < -0.3 is 9.64 Å². The van der Waals surface area contributed by atoms with Gasteiger partial charge in [0.1, 0.15) is 11.8 Å². The van der Waals surface area contributed by atoms with Crippen LogP contribution in [0, 0.1) is 10.1 Å². The minimum Gasteiger partial charge on any atom is -0.444 e. The lowest BCUT2D eigenvalue weighted by Crippen LogP contribution is -2.53. The maximum atomic E-state index is 14.6. The molecule has 1 heterocycles. The number of ether oxygens (including phenoxy) is 1. The zero-order chi connectivity index (χ0) is 19.5. The Kier molecular flexibility index (Phi) is 6.82. The molecule has 1 aliphatic carbocycles. The van der Waals surface area contributed by atoms with Crippen molar-refractivity contribution in [1.29, 1.82) is 0 Å². The topological polar surface area (TPSA) is 75.9 Å². The van der Waals surface area contributed by atoms with E-state index in [0.717, 1.165) is 19.3 Å². The Bertz CT molecular complexity index is 511. The molecule has 7 nitrogen and oxygen atoms in total. The fourth-order valence-corrected chi connectivity index (χ4v) is 3.94. The van der Waals surface area contributed by atoms with Crippen molar-refractivity contribution >= 4 is 6.09 Å². The third-order valence-corrected chi connectivity index (χ3v) is 5.41. The van der Waals surface area contributed by atoms with Crippen molar-refractivity contribution in [2.45, 2.75) is 89.2 Å². The van der Waals surface area contributed by atoms with Crippen molar-refractivity contribution in [1.82, 2.24) is 9.80 Å². The summed E-state index contributed by atoms with van der Waals surface area (Å²) in [5.74, 6) is 0. The Morgan fingerprint density at radius 2 is 1.96 bits per heavy atom. The average Bonchev–Trinajstić information content (AvgIpc) is 2.78. The van der Waals surface area contributed by atoms with Crippen LogP contribution in [0.15, 0.2) is 0 Å². The second kappa shape index (κ2) is 8.50. The summed E-state index contributed by atoms with van der Waals surface area (Å²) in [6.45, 7) is 6.68. The number of carbonyl (C=O) groups excluding carboxylic acids is 1. The number of halogens is 1. The van der Waals surface area contributed by atoms with Crippen molar-refractivity contribution in [2.24, 2.45) is 0 Å². The summed E-state index contributed by atoms with van der Waals surface area (Å²) >= 11 is 0. The minimum atomic E-state index is -1.21. The van der Waals surface area contributed by atoms with Gasteiger partial charge in [-0.25, -0.2) is 9.18 Å². The largest absolute Gasteiger partial charge is 0.444 e. The summed E-state index contributed by atoms with van der Waals surface area (Å²) < 4.78 is 20.1. The van der Waals surface area contributed by atoms with E-state index in [1.54, 1.807) is 4.90 Å². The van der Waals surface area contributed by atoms with E-state index in [1.165, 1.54) is 0 Å². The number of likely N-dealkylation sites (tertiary alicyclic amines) is 1. The summed E-state index contributed by atoms with van der Waals surface area (Å²) in [7, 11) is 1.88.